The minimum Gasteiger partial charge on any atom is -0.504 e. The number of nitrogens with zero attached hydrogens (tertiary/aromatic N) is 2. The van der Waals surface area contributed by atoms with Crippen LogP contribution in [0.1, 0.15) is 58.5 Å². The predicted octanol–water partition coefficient (Wildman–Crippen LogP) is 5.69. The molecule has 3 aromatic carbocycles. The monoisotopic (exact) mass is 557 g/mol. The lowest BCUT2D eigenvalue weighted by atomic mass is 9.88. The molecule has 0 aliphatic heterocycles. The van der Waals surface area contributed by atoms with Crippen molar-refractivity contribution in [2.75, 3.05) is 6.54 Å². The molecule has 1 heterocycles. The summed E-state index contributed by atoms with van der Waals surface area (Å²) in [6.45, 7) is 2.37. The van der Waals surface area contributed by atoms with Crippen molar-refractivity contribution in [2.24, 2.45) is 0 Å². The first kappa shape index (κ1) is 27.8. The van der Waals surface area contributed by atoms with Crippen molar-refractivity contribution >= 4 is 17.7 Å². The lowest BCUT2D eigenvalue weighted by molar-refractivity contribution is 0.0921. The Labute approximate surface area is 239 Å². The van der Waals surface area contributed by atoms with Crippen LogP contribution in [-0.4, -0.2) is 38.3 Å². The van der Waals surface area contributed by atoms with Crippen molar-refractivity contribution in [3.8, 4) is 11.5 Å². The van der Waals surface area contributed by atoms with Crippen LogP contribution in [0.15, 0.2) is 84.3 Å². The van der Waals surface area contributed by atoms with Gasteiger partial charge in [-0.25, -0.2) is 4.98 Å². The van der Waals surface area contributed by atoms with Crippen LogP contribution in [-0.2, 0) is 25.1 Å². The molecule has 1 aliphatic rings. The largest absolute Gasteiger partial charge is 0.504 e. The Bertz CT molecular complexity index is 1420. The van der Waals surface area contributed by atoms with Crippen LogP contribution in [0.25, 0.3) is 0 Å². The van der Waals surface area contributed by atoms with Gasteiger partial charge in [0.2, 0.25) is 0 Å². The summed E-state index contributed by atoms with van der Waals surface area (Å²) in [6.07, 6.45) is 8.49. The number of phenolic OH excluding ortho intramolecular Hbond substituents is 1. The van der Waals surface area contributed by atoms with Crippen molar-refractivity contribution in [3.05, 3.63) is 107 Å². The van der Waals surface area contributed by atoms with E-state index in [-0.39, 0.29) is 24.3 Å². The molecule has 8 heteroatoms. The third-order valence-corrected chi connectivity index (χ3v) is 8.22. The Morgan fingerprint density at radius 3 is 2.67 bits per heavy atom. The number of fused-ring (bicyclic) bond motifs is 1. The number of aryl methyl sites for hydroxylation is 1. The Balaban J connectivity index is 1.48. The standard InChI is InChI=1S/C32H35N3O4S/c1-22(36)18-34-32(38)26-13-7-8-14-30(26)40-20-27-25-12-6-5-11-24(25)17-28(37)31(27)39-29(19-35-16-15-33-21-35)23-9-3-2-4-10-23/h2-4,7-10,13-17,21-22,29,36-37H,5-6,11-12,18-20H2,1H3,(H,34,38)/t22-,29-/m1/s1. The highest BCUT2D eigenvalue weighted by Gasteiger charge is 2.25. The Hall–Kier alpha value is -3.75. The van der Waals surface area contributed by atoms with Gasteiger partial charge in [-0.2, -0.15) is 0 Å². The van der Waals surface area contributed by atoms with E-state index in [1.165, 1.54) is 11.1 Å². The molecular formula is C32H35N3O4S. The number of nitrogens with one attached hydrogen (secondary N) is 1. The minimum absolute atomic E-state index is 0.144. The third kappa shape index (κ3) is 6.69. The smallest absolute Gasteiger partial charge is 0.252 e. The lowest BCUT2D eigenvalue weighted by Crippen LogP contribution is -2.30. The highest BCUT2D eigenvalue weighted by Crippen LogP contribution is 2.43. The highest BCUT2D eigenvalue weighted by molar-refractivity contribution is 7.98. The number of aromatic nitrogens is 2. The van der Waals surface area contributed by atoms with E-state index in [4.69, 9.17) is 4.74 Å². The van der Waals surface area contributed by atoms with Crippen molar-refractivity contribution in [1.29, 1.82) is 0 Å². The van der Waals surface area contributed by atoms with Crippen molar-refractivity contribution in [1.82, 2.24) is 14.9 Å². The molecule has 208 valence electrons. The molecule has 0 unspecified atom stereocenters. The maximum atomic E-state index is 12.9. The fraction of sp³-hybridized carbons (Fsp3) is 0.312. The van der Waals surface area contributed by atoms with Crippen LogP contribution in [0.4, 0.5) is 0 Å². The van der Waals surface area contributed by atoms with Gasteiger partial charge in [-0.3, -0.25) is 4.79 Å². The van der Waals surface area contributed by atoms with Gasteiger partial charge in [-0.15, -0.1) is 11.8 Å². The highest BCUT2D eigenvalue weighted by atomic mass is 32.2. The van der Waals surface area contributed by atoms with E-state index >= 15 is 0 Å². The topological polar surface area (TPSA) is 96.6 Å². The molecule has 0 saturated carbocycles. The normalized spacial score (nSPS) is 14.2. The number of imidazole rings is 1. The molecule has 3 N–H and O–H groups in total. The summed E-state index contributed by atoms with van der Waals surface area (Å²) in [7, 11) is 0. The quantitative estimate of drug-likeness (QED) is 0.205. The first-order valence-electron chi connectivity index (χ1n) is 13.7. The van der Waals surface area contributed by atoms with Gasteiger partial charge >= 0.3 is 0 Å². The van der Waals surface area contributed by atoms with E-state index < -0.39 is 6.10 Å². The second kappa shape index (κ2) is 13.1. The molecule has 0 spiro atoms. The minimum atomic E-state index is -0.623. The second-order valence-electron chi connectivity index (χ2n) is 10.2. The number of amides is 1. The zero-order chi connectivity index (χ0) is 27.9. The zero-order valence-electron chi connectivity index (χ0n) is 22.6. The summed E-state index contributed by atoms with van der Waals surface area (Å²) < 4.78 is 8.69. The lowest BCUT2D eigenvalue weighted by Gasteiger charge is -2.27. The molecule has 0 fully saturated rings. The van der Waals surface area contributed by atoms with Gasteiger partial charge in [0, 0.05) is 35.2 Å². The second-order valence-corrected chi connectivity index (χ2v) is 11.2. The van der Waals surface area contributed by atoms with E-state index in [1.807, 2.05) is 65.4 Å². The number of benzene rings is 3. The number of aliphatic hydroxyl groups excluding tert-OH is 1. The molecule has 5 rings (SSSR count). The Kier molecular flexibility index (Phi) is 9.08. The van der Waals surface area contributed by atoms with Crippen molar-refractivity contribution < 1.29 is 19.7 Å². The SMILES string of the molecule is C[C@@H](O)CNC(=O)c1ccccc1SCc1c2c(cc(O)c1O[C@H](Cn1ccnc1)c1ccccc1)CCCC2. The number of aromatic hydroxyl groups is 1. The van der Waals surface area contributed by atoms with Crippen LogP contribution in [0.2, 0.25) is 0 Å². The van der Waals surface area contributed by atoms with Crippen LogP contribution < -0.4 is 10.1 Å². The number of hydrogen-bond acceptors (Lipinski definition) is 6. The Morgan fingerprint density at radius 1 is 1.12 bits per heavy atom. The van der Waals surface area contributed by atoms with Crippen LogP contribution in [0, 0.1) is 0 Å². The number of phenols is 1. The molecule has 2 atom stereocenters. The van der Waals surface area contributed by atoms with Gasteiger partial charge in [0.25, 0.3) is 5.91 Å². The summed E-state index contributed by atoms with van der Waals surface area (Å²) in [5, 5.41) is 23.7. The van der Waals surface area contributed by atoms with E-state index in [1.54, 1.807) is 37.3 Å². The maximum Gasteiger partial charge on any atom is 0.252 e. The van der Waals surface area contributed by atoms with Crippen LogP contribution in [0.3, 0.4) is 0 Å². The summed E-state index contributed by atoms with van der Waals surface area (Å²) in [5.74, 6) is 0.964. The first-order valence-corrected chi connectivity index (χ1v) is 14.7. The van der Waals surface area contributed by atoms with E-state index in [2.05, 4.69) is 10.3 Å². The average molecular weight is 558 g/mol. The number of carbonyl (C=O) groups excluding carboxylic acids is 1. The Morgan fingerprint density at radius 2 is 1.90 bits per heavy atom. The van der Waals surface area contributed by atoms with Gasteiger partial charge < -0.3 is 24.8 Å². The third-order valence-electron chi connectivity index (χ3n) is 7.12. The van der Waals surface area contributed by atoms with Crippen LogP contribution >= 0.6 is 11.8 Å². The van der Waals surface area contributed by atoms with E-state index in [9.17, 15) is 15.0 Å². The molecule has 0 radical (unpaired) electrons. The molecule has 1 aromatic heterocycles. The van der Waals surface area contributed by atoms with Crippen molar-refractivity contribution in [2.45, 2.75) is 62.0 Å². The number of rotatable bonds is 11. The van der Waals surface area contributed by atoms with Gasteiger partial charge in [0.15, 0.2) is 11.5 Å². The fourth-order valence-electron chi connectivity index (χ4n) is 5.11. The van der Waals surface area contributed by atoms with E-state index in [0.29, 0.717) is 23.6 Å². The first-order chi connectivity index (χ1) is 19.5. The molecular weight excluding hydrogens is 522 g/mol. The van der Waals surface area contributed by atoms with Gasteiger partial charge in [-0.05, 0) is 67.5 Å². The maximum absolute atomic E-state index is 12.9. The number of aliphatic hydroxyl groups is 1. The molecule has 1 amide bonds. The van der Waals surface area contributed by atoms with Crippen molar-refractivity contribution in [3.63, 3.8) is 0 Å². The van der Waals surface area contributed by atoms with E-state index in [0.717, 1.165) is 41.7 Å². The molecule has 0 bridgehead atoms. The molecule has 0 saturated heterocycles. The summed E-state index contributed by atoms with van der Waals surface area (Å²) in [6, 6.07) is 19.4. The average Bonchev–Trinajstić information content (AvgIpc) is 3.49. The summed E-state index contributed by atoms with van der Waals surface area (Å²) >= 11 is 1.56. The summed E-state index contributed by atoms with van der Waals surface area (Å²) in [5.41, 5.74) is 4.95. The fourth-order valence-corrected chi connectivity index (χ4v) is 6.21. The molecule has 4 aromatic rings. The van der Waals surface area contributed by atoms with Gasteiger partial charge in [-0.1, -0.05) is 42.5 Å². The van der Waals surface area contributed by atoms with Gasteiger partial charge in [0.1, 0.15) is 6.10 Å². The predicted molar refractivity (Wildman–Crippen MR) is 157 cm³/mol. The van der Waals surface area contributed by atoms with Crippen LogP contribution in [0.5, 0.6) is 11.5 Å². The molecule has 7 nitrogen and oxygen atoms in total. The molecule has 40 heavy (non-hydrogen) atoms. The molecule has 1 aliphatic carbocycles. The number of carbonyl (C=O) groups is 1. The number of ether oxygens (including phenoxy) is 1. The number of thioether (sulfide) groups is 1. The summed E-state index contributed by atoms with van der Waals surface area (Å²) in [4.78, 5) is 17.9. The van der Waals surface area contributed by atoms with Gasteiger partial charge in [0.05, 0.1) is 24.5 Å². The zero-order valence-corrected chi connectivity index (χ0v) is 23.4. The number of hydrogen-bond donors (Lipinski definition) is 3.